The van der Waals surface area contributed by atoms with E-state index in [4.69, 9.17) is 16.3 Å². The second-order valence-electron chi connectivity index (χ2n) is 5.30. The molecular formula is C16H18ClNO3. The molecule has 4 nitrogen and oxygen atoms in total. The number of halogens is 1. The van der Waals surface area contributed by atoms with Crippen molar-refractivity contribution in [2.45, 2.75) is 32.3 Å². The summed E-state index contributed by atoms with van der Waals surface area (Å²) >= 11 is 5.84. The smallest absolute Gasteiger partial charge is 0.268 e. The number of ether oxygens (including phenoxy) is 1. The summed E-state index contributed by atoms with van der Waals surface area (Å²) in [6, 6.07) is 5.03. The van der Waals surface area contributed by atoms with E-state index in [9.17, 15) is 9.59 Å². The first kappa shape index (κ1) is 15.6. The number of fused-ring (bicyclic) bond motifs is 1. The number of amides is 1. The summed E-state index contributed by atoms with van der Waals surface area (Å²) in [5, 5.41) is -0.614. The SMILES string of the molecule is C=C(C)CN1C(=O)C(C)Oc2ccc(C(=O)C(C)Cl)cc21. The van der Waals surface area contributed by atoms with Gasteiger partial charge in [0.2, 0.25) is 0 Å². The first-order valence-corrected chi connectivity index (χ1v) is 7.19. The maximum atomic E-state index is 12.3. The Morgan fingerprint density at radius 3 is 2.76 bits per heavy atom. The van der Waals surface area contributed by atoms with E-state index in [0.717, 1.165) is 5.57 Å². The second-order valence-corrected chi connectivity index (χ2v) is 5.96. The number of hydrogen-bond acceptors (Lipinski definition) is 3. The van der Waals surface area contributed by atoms with Crippen LogP contribution < -0.4 is 9.64 Å². The zero-order valence-electron chi connectivity index (χ0n) is 12.4. The van der Waals surface area contributed by atoms with Gasteiger partial charge in [-0.1, -0.05) is 12.2 Å². The van der Waals surface area contributed by atoms with Crippen LogP contribution in [0.15, 0.2) is 30.4 Å². The van der Waals surface area contributed by atoms with Crippen molar-refractivity contribution in [2.24, 2.45) is 0 Å². The van der Waals surface area contributed by atoms with E-state index in [1.165, 1.54) is 0 Å². The van der Waals surface area contributed by atoms with Crippen LogP contribution in [0.1, 0.15) is 31.1 Å². The first-order valence-electron chi connectivity index (χ1n) is 6.76. The number of benzene rings is 1. The number of ketones is 1. The Bertz CT molecular complexity index is 610. The van der Waals surface area contributed by atoms with Gasteiger partial charge in [0.1, 0.15) is 5.75 Å². The zero-order valence-corrected chi connectivity index (χ0v) is 13.1. The van der Waals surface area contributed by atoms with Gasteiger partial charge in [-0.15, -0.1) is 11.6 Å². The van der Waals surface area contributed by atoms with Gasteiger partial charge >= 0.3 is 0 Å². The van der Waals surface area contributed by atoms with Crippen LogP contribution in [0.3, 0.4) is 0 Å². The summed E-state index contributed by atoms with van der Waals surface area (Å²) in [6.45, 7) is 9.42. The summed E-state index contributed by atoms with van der Waals surface area (Å²) < 4.78 is 5.59. The summed E-state index contributed by atoms with van der Waals surface area (Å²) in [5.41, 5.74) is 1.91. The van der Waals surface area contributed by atoms with Crippen LogP contribution in [0.5, 0.6) is 5.75 Å². The highest BCUT2D eigenvalue weighted by molar-refractivity contribution is 6.33. The van der Waals surface area contributed by atoms with Crippen LogP contribution in [-0.2, 0) is 4.79 Å². The van der Waals surface area contributed by atoms with Crippen molar-refractivity contribution in [1.82, 2.24) is 0 Å². The number of nitrogens with zero attached hydrogens (tertiary/aromatic N) is 1. The molecule has 0 bridgehead atoms. The topological polar surface area (TPSA) is 46.6 Å². The van der Waals surface area contributed by atoms with E-state index in [0.29, 0.717) is 23.5 Å². The molecule has 1 aliphatic heterocycles. The van der Waals surface area contributed by atoms with Crippen molar-refractivity contribution < 1.29 is 14.3 Å². The Hall–Kier alpha value is -1.81. The van der Waals surface area contributed by atoms with Crippen LogP contribution in [0, 0.1) is 0 Å². The fourth-order valence-corrected chi connectivity index (χ4v) is 2.35. The van der Waals surface area contributed by atoms with Gasteiger partial charge in [0.15, 0.2) is 11.9 Å². The van der Waals surface area contributed by atoms with Crippen LogP contribution in [0.4, 0.5) is 5.69 Å². The Balaban J connectivity index is 2.47. The molecule has 0 N–H and O–H groups in total. The molecule has 1 amide bonds. The molecule has 0 aliphatic carbocycles. The van der Waals surface area contributed by atoms with Crippen molar-refractivity contribution >= 4 is 29.0 Å². The fourth-order valence-electron chi connectivity index (χ4n) is 2.22. The lowest BCUT2D eigenvalue weighted by Crippen LogP contribution is -2.45. The molecule has 2 rings (SSSR count). The molecule has 1 aliphatic rings. The number of anilines is 1. The molecule has 21 heavy (non-hydrogen) atoms. The highest BCUT2D eigenvalue weighted by Crippen LogP contribution is 2.35. The van der Waals surface area contributed by atoms with Crippen molar-refractivity contribution in [2.75, 3.05) is 11.4 Å². The van der Waals surface area contributed by atoms with Gasteiger partial charge < -0.3 is 9.64 Å². The average Bonchev–Trinajstić information content (AvgIpc) is 2.42. The predicted molar refractivity (Wildman–Crippen MR) is 83.3 cm³/mol. The van der Waals surface area contributed by atoms with Gasteiger partial charge in [-0.3, -0.25) is 9.59 Å². The number of hydrogen-bond donors (Lipinski definition) is 0. The van der Waals surface area contributed by atoms with Crippen molar-refractivity contribution in [1.29, 1.82) is 0 Å². The average molecular weight is 308 g/mol. The minimum absolute atomic E-state index is 0.144. The van der Waals surface area contributed by atoms with Gasteiger partial charge in [0, 0.05) is 12.1 Å². The molecule has 0 radical (unpaired) electrons. The molecule has 5 heteroatoms. The number of Topliss-reactive ketones (excluding diaryl/α,β-unsaturated/α-hetero) is 1. The molecule has 0 saturated heterocycles. The highest BCUT2D eigenvalue weighted by Gasteiger charge is 2.32. The Morgan fingerprint density at radius 2 is 2.19 bits per heavy atom. The Kier molecular flexibility index (Phi) is 4.37. The molecule has 0 spiro atoms. The summed E-state index contributed by atoms with van der Waals surface area (Å²) in [4.78, 5) is 25.9. The van der Waals surface area contributed by atoms with Gasteiger partial charge in [-0.2, -0.15) is 0 Å². The predicted octanol–water partition coefficient (Wildman–Crippen LogP) is 3.19. The normalized spacial score (nSPS) is 18.8. The standard InChI is InChI=1S/C16H18ClNO3/c1-9(2)8-18-13-7-12(15(19)10(3)17)5-6-14(13)21-11(4)16(18)20/h5-7,10-11H,1,8H2,2-4H3. The van der Waals surface area contributed by atoms with Gasteiger partial charge in [-0.05, 0) is 39.0 Å². The van der Waals surface area contributed by atoms with E-state index in [2.05, 4.69) is 6.58 Å². The largest absolute Gasteiger partial charge is 0.479 e. The summed E-state index contributed by atoms with van der Waals surface area (Å²) in [6.07, 6.45) is -0.551. The van der Waals surface area contributed by atoms with Crippen LogP contribution >= 0.6 is 11.6 Å². The Morgan fingerprint density at radius 1 is 1.52 bits per heavy atom. The van der Waals surface area contributed by atoms with Crippen molar-refractivity contribution in [3.8, 4) is 5.75 Å². The number of carbonyl (C=O) groups is 2. The van der Waals surface area contributed by atoms with Gasteiger partial charge in [-0.25, -0.2) is 0 Å². The Labute approximate surface area is 129 Å². The quantitative estimate of drug-likeness (QED) is 0.487. The van der Waals surface area contributed by atoms with Crippen molar-refractivity contribution in [3.05, 3.63) is 35.9 Å². The van der Waals surface area contributed by atoms with Crippen LogP contribution in [-0.4, -0.2) is 29.7 Å². The molecule has 0 fully saturated rings. The summed E-state index contributed by atoms with van der Waals surface area (Å²) in [5.74, 6) is 0.261. The fraction of sp³-hybridized carbons (Fsp3) is 0.375. The molecule has 2 atom stereocenters. The highest BCUT2D eigenvalue weighted by atomic mass is 35.5. The zero-order chi connectivity index (χ0) is 15.7. The molecule has 1 aromatic rings. The van der Waals surface area contributed by atoms with E-state index >= 15 is 0 Å². The molecule has 2 unspecified atom stereocenters. The van der Waals surface area contributed by atoms with E-state index in [1.807, 2.05) is 6.92 Å². The van der Waals surface area contributed by atoms with E-state index in [1.54, 1.807) is 36.9 Å². The van der Waals surface area contributed by atoms with Gasteiger partial charge in [0.05, 0.1) is 11.1 Å². The third kappa shape index (κ3) is 3.10. The van der Waals surface area contributed by atoms with Crippen molar-refractivity contribution in [3.63, 3.8) is 0 Å². The van der Waals surface area contributed by atoms with E-state index in [-0.39, 0.29) is 11.7 Å². The lowest BCUT2D eigenvalue weighted by molar-refractivity contribution is -0.125. The van der Waals surface area contributed by atoms with Gasteiger partial charge in [0.25, 0.3) is 5.91 Å². The second kappa shape index (κ2) is 5.90. The number of alkyl halides is 1. The third-order valence-corrected chi connectivity index (χ3v) is 3.44. The minimum Gasteiger partial charge on any atom is -0.479 e. The minimum atomic E-state index is -0.614. The molecule has 0 saturated carbocycles. The number of rotatable bonds is 4. The van der Waals surface area contributed by atoms with Crippen LogP contribution in [0.2, 0.25) is 0 Å². The van der Waals surface area contributed by atoms with Crippen LogP contribution in [0.25, 0.3) is 0 Å². The first-order chi connectivity index (χ1) is 9.81. The maximum absolute atomic E-state index is 12.3. The molecule has 112 valence electrons. The van der Waals surface area contributed by atoms with E-state index < -0.39 is 11.5 Å². The lowest BCUT2D eigenvalue weighted by atomic mass is 10.0. The number of carbonyl (C=O) groups excluding carboxylic acids is 2. The molecule has 1 heterocycles. The third-order valence-electron chi connectivity index (χ3n) is 3.24. The maximum Gasteiger partial charge on any atom is 0.268 e. The summed E-state index contributed by atoms with van der Waals surface area (Å²) in [7, 11) is 0. The molecule has 1 aromatic carbocycles. The molecular weight excluding hydrogens is 290 g/mol. The lowest BCUT2D eigenvalue weighted by Gasteiger charge is -2.33. The molecule has 0 aromatic heterocycles. The monoisotopic (exact) mass is 307 g/mol.